The van der Waals surface area contributed by atoms with E-state index in [2.05, 4.69) is 0 Å². The molecular weight excluding hydrogens is 174 g/mol. The van der Waals surface area contributed by atoms with Crippen molar-refractivity contribution in [2.75, 3.05) is 6.54 Å². The van der Waals surface area contributed by atoms with Gasteiger partial charge in [0, 0.05) is 6.54 Å². The van der Waals surface area contributed by atoms with Gasteiger partial charge in [-0.3, -0.25) is 4.79 Å². The first-order chi connectivity index (χ1) is 6.13. The third-order valence-electron chi connectivity index (χ3n) is 2.86. The summed E-state index contributed by atoms with van der Waals surface area (Å²) in [6.45, 7) is 0.522. The first-order valence-electron chi connectivity index (χ1n) is 4.47. The van der Waals surface area contributed by atoms with Gasteiger partial charge in [0.2, 0.25) is 0 Å². The number of aliphatic hydroxyl groups excluding tert-OH is 3. The van der Waals surface area contributed by atoms with E-state index in [4.69, 9.17) is 0 Å². The molecule has 0 spiro atoms. The van der Waals surface area contributed by atoms with Gasteiger partial charge in [0.05, 0.1) is 12.1 Å². The summed E-state index contributed by atoms with van der Waals surface area (Å²) < 4.78 is 0. The number of hydrogen-bond acceptors (Lipinski definition) is 4. The minimum atomic E-state index is -1.35. The van der Waals surface area contributed by atoms with Crippen LogP contribution in [-0.4, -0.2) is 57.0 Å². The Morgan fingerprint density at radius 2 is 2.00 bits per heavy atom. The predicted molar refractivity (Wildman–Crippen MR) is 42.8 cm³/mol. The molecule has 2 fully saturated rings. The Labute approximate surface area is 75.6 Å². The van der Waals surface area contributed by atoms with Crippen LogP contribution in [0.4, 0.5) is 0 Å². The smallest absolute Gasteiger partial charge is 0.254 e. The van der Waals surface area contributed by atoms with Gasteiger partial charge in [0.15, 0.2) is 6.10 Å². The van der Waals surface area contributed by atoms with Crippen LogP contribution in [0.2, 0.25) is 0 Å². The normalized spacial score (nSPS) is 45.2. The van der Waals surface area contributed by atoms with Crippen LogP contribution in [0.1, 0.15) is 12.8 Å². The second-order valence-corrected chi connectivity index (χ2v) is 3.67. The predicted octanol–water partition coefficient (Wildman–Crippen LogP) is -1.93. The fourth-order valence-corrected chi connectivity index (χ4v) is 2.17. The Bertz CT molecular complexity index is 232. The quantitative estimate of drug-likeness (QED) is 0.412. The van der Waals surface area contributed by atoms with E-state index in [9.17, 15) is 20.1 Å². The number of nitrogens with zero attached hydrogens (tertiary/aromatic N) is 1. The van der Waals surface area contributed by atoms with Gasteiger partial charge in [-0.05, 0) is 12.8 Å². The molecule has 0 bridgehead atoms. The zero-order valence-corrected chi connectivity index (χ0v) is 7.13. The highest BCUT2D eigenvalue weighted by Gasteiger charge is 2.50. The number of carbonyl (C=O) groups excluding carboxylic acids is 1. The van der Waals surface area contributed by atoms with Crippen molar-refractivity contribution >= 4 is 5.91 Å². The number of amides is 1. The van der Waals surface area contributed by atoms with Crippen molar-refractivity contribution < 1.29 is 20.1 Å². The summed E-state index contributed by atoms with van der Waals surface area (Å²) in [5.41, 5.74) is 0. The molecule has 0 aromatic heterocycles. The molecule has 0 aromatic rings. The van der Waals surface area contributed by atoms with Crippen molar-refractivity contribution in [3.05, 3.63) is 0 Å². The largest absolute Gasteiger partial charge is 0.391 e. The highest BCUT2D eigenvalue weighted by molar-refractivity contribution is 5.84. The van der Waals surface area contributed by atoms with Crippen molar-refractivity contribution in [1.29, 1.82) is 0 Å². The molecule has 5 nitrogen and oxygen atoms in total. The number of piperidine rings is 1. The molecule has 0 radical (unpaired) electrons. The van der Waals surface area contributed by atoms with Crippen LogP contribution in [-0.2, 0) is 4.79 Å². The van der Waals surface area contributed by atoms with Crippen LogP contribution in [0.5, 0.6) is 0 Å². The lowest BCUT2D eigenvalue weighted by molar-refractivity contribution is -0.137. The van der Waals surface area contributed by atoms with Gasteiger partial charge in [-0.15, -0.1) is 0 Å². The van der Waals surface area contributed by atoms with Crippen LogP contribution in [0.3, 0.4) is 0 Å². The second kappa shape index (κ2) is 2.94. The third kappa shape index (κ3) is 1.15. The molecular formula is C8H13NO4. The molecule has 0 aromatic carbocycles. The SMILES string of the molecule is O=C1C(O)[C@@H](O)C2C(O)CCCN12. The van der Waals surface area contributed by atoms with Crippen LogP contribution in [0.15, 0.2) is 0 Å². The van der Waals surface area contributed by atoms with Gasteiger partial charge < -0.3 is 20.2 Å². The van der Waals surface area contributed by atoms with Crippen LogP contribution < -0.4 is 0 Å². The second-order valence-electron chi connectivity index (χ2n) is 3.67. The number of hydrogen-bond donors (Lipinski definition) is 3. The Morgan fingerprint density at radius 3 is 2.62 bits per heavy atom. The van der Waals surface area contributed by atoms with Crippen LogP contribution in [0.25, 0.3) is 0 Å². The molecule has 5 heteroatoms. The number of carbonyl (C=O) groups is 1. The van der Waals surface area contributed by atoms with Crippen molar-refractivity contribution in [2.24, 2.45) is 0 Å². The average molecular weight is 187 g/mol. The van der Waals surface area contributed by atoms with E-state index in [1.165, 1.54) is 4.90 Å². The van der Waals surface area contributed by atoms with Gasteiger partial charge >= 0.3 is 0 Å². The van der Waals surface area contributed by atoms with Crippen molar-refractivity contribution in [3.63, 3.8) is 0 Å². The lowest BCUT2D eigenvalue weighted by atomic mass is 9.97. The summed E-state index contributed by atoms with van der Waals surface area (Å²) in [6.07, 6.45) is -1.88. The lowest BCUT2D eigenvalue weighted by Gasteiger charge is -2.34. The highest BCUT2D eigenvalue weighted by atomic mass is 16.4. The molecule has 2 saturated heterocycles. The minimum Gasteiger partial charge on any atom is -0.391 e. The van der Waals surface area contributed by atoms with Crippen molar-refractivity contribution in [1.82, 2.24) is 4.90 Å². The van der Waals surface area contributed by atoms with Crippen LogP contribution >= 0.6 is 0 Å². The first-order valence-corrected chi connectivity index (χ1v) is 4.47. The van der Waals surface area contributed by atoms with Gasteiger partial charge in [-0.2, -0.15) is 0 Å². The number of aliphatic hydroxyl groups is 3. The summed E-state index contributed by atoms with van der Waals surface area (Å²) in [5.74, 6) is -0.462. The fourth-order valence-electron chi connectivity index (χ4n) is 2.17. The lowest BCUT2D eigenvalue weighted by Crippen LogP contribution is -2.49. The van der Waals surface area contributed by atoms with Crippen molar-refractivity contribution in [2.45, 2.75) is 37.2 Å². The molecule has 2 aliphatic heterocycles. The topological polar surface area (TPSA) is 81.0 Å². The Balaban J connectivity index is 2.24. The maximum atomic E-state index is 11.3. The fraction of sp³-hybridized carbons (Fsp3) is 0.875. The highest BCUT2D eigenvalue weighted by Crippen LogP contribution is 2.28. The zero-order valence-electron chi connectivity index (χ0n) is 7.13. The average Bonchev–Trinajstić information content (AvgIpc) is 2.33. The molecule has 2 heterocycles. The van der Waals surface area contributed by atoms with Gasteiger partial charge in [-0.1, -0.05) is 0 Å². The molecule has 3 N–H and O–H groups in total. The summed E-state index contributed by atoms with van der Waals surface area (Å²) in [5, 5.41) is 28.2. The molecule has 0 aliphatic carbocycles. The monoisotopic (exact) mass is 187 g/mol. The Hall–Kier alpha value is -0.650. The van der Waals surface area contributed by atoms with E-state index in [0.717, 1.165) is 6.42 Å². The Morgan fingerprint density at radius 1 is 1.31 bits per heavy atom. The summed E-state index contributed by atoms with van der Waals surface area (Å²) in [4.78, 5) is 12.7. The van der Waals surface area contributed by atoms with E-state index in [1.807, 2.05) is 0 Å². The zero-order chi connectivity index (χ0) is 9.59. The molecule has 4 atom stereocenters. The number of rotatable bonds is 0. The molecule has 13 heavy (non-hydrogen) atoms. The first kappa shape index (κ1) is 8.93. The third-order valence-corrected chi connectivity index (χ3v) is 2.86. The molecule has 2 aliphatic rings. The Kier molecular flexibility index (Phi) is 2.02. The summed E-state index contributed by atoms with van der Waals surface area (Å²) in [6, 6.07) is -0.601. The summed E-state index contributed by atoms with van der Waals surface area (Å²) in [7, 11) is 0. The van der Waals surface area contributed by atoms with Gasteiger partial charge in [0.25, 0.3) is 5.91 Å². The van der Waals surface area contributed by atoms with Gasteiger partial charge in [-0.25, -0.2) is 0 Å². The maximum absolute atomic E-state index is 11.3. The summed E-state index contributed by atoms with van der Waals surface area (Å²) >= 11 is 0. The minimum absolute atomic E-state index is 0.462. The number of fused-ring (bicyclic) bond motifs is 1. The standard InChI is InChI=1S/C8H13NO4/c10-4-2-1-3-9-5(4)6(11)7(12)8(9)13/h4-7,10-12H,1-3H2/t4?,5?,6-,7?/m0/s1. The molecule has 0 saturated carbocycles. The van der Waals surface area contributed by atoms with E-state index in [0.29, 0.717) is 13.0 Å². The van der Waals surface area contributed by atoms with E-state index in [1.54, 1.807) is 0 Å². The van der Waals surface area contributed by atoms with Crippen molar-refractivity contribution in [3.8, 4) is 0 Å². The van der Waals surface area contributed by atoms with E-state index < -0.39 is 30.3 Å². The van der Waals surface area contributed by atoms with Crippen LogP contribution in [0, 0.1) is 0 Å². The molecule has 1 amide bonds. The molecule has 2 rings (SSSR count). The van der Waals surface area contributed by atoms with E-state index in [-0.39, 0.29) is 0 Å². The molecule has 3 unspecified atom stereocenters. The van der Waals surface area contributed by atoms with E-state index >= 15 is 0 Å². The molecule has 74 valence electrons. The maximum Gasteiger partial charge on any atom is 0.254 e. The van der Waals surface area contributed by atoms with Gasteiger partial charge in [0.1, 0.15) is 6.10 Å².